The molecular weight excluding hydrogens is 362 g/mol. The molecule has 29 heavy (non-hydrogen) atoms. The number of hydrogen-bond donors (Lipinski definition) is 1. The van der Waals surface area contributed by atoms with Gasteiger partial charge in [-0.05, 0) is 47.7 Å². The number of anilines is 1. The summed E-state index contributed by atoms with van der Waals surface area (Å²) in [6, 6.07) is 16.7. The quantitative estimate of drug-likeness (QED) is 0.772. The highest BCUT2D eigenvalue weighted by molar-refractivity contribution is 5.74. The van der Waals surface area contributed by atoms with E-state index >= 15 is 0 Å². The number of nitrogens with zero attached hydrogens (tertiary/aromatic N) is 2. The van der Waals surface area contributed by atoms with Crippen molar-refractivity contribution in [1.29, 1.82) is 0 Å². The monoisotopic (exact) mass is 395 g/mol. The summed E-state index contributed by atoms with van der Waals surface area (Å²) in [5, 5.41) is 2.97. The van der Waals surface area contributed by atoms with Gasteiger partial charge in [0.2, 0.25) is 0 Å². The fraction of sp³-hybridized carbons (Fsp3) is 0.458. The van der Waals surface area contributed by atoms with Crippen LogP contribution in [0.15, 0.2) is 48.5 Å². The molecule has 2 aromatic carbocycles. The maximum atomic E-state index is 12.4. The summed E-state index contributed by atoms with van der Waals surface area (Å²) < 4.78 is 5.76. The zero-order valence-corrected chi connectivity index (χ0v) is 18.1. The number of urea groups is 1. The van der Waals surface area contributed by atoms with Gasteiger partial charge in [0, 0.05) is 31.9 Å². The summed E-state index contributed by atoms with van der Waals surface area (Å²) in [5.74, 6) is 0.832. The second kappa shape index (κ2) is 9.21. The number of carbonyl (C=O) groups excluding carboxylic acids is 1. The fourth-order valence-corrected chi connectivity index (χ4v) is 3.48. The molecule has 0 atom stereocenters. The van der Waals surface area contributed by atoms with E-state index in [0.29, 0.717) is 13.2 Å². The number of ether oxygens (including phenoxy) is 1. The van der Waals surface area contributed by atoms with Crippen molar-refractivity contribution in [2.24, 2.45) is 0 Å². The third-order valence-corrected chi connectivity index (χ3v) is 5.30. The lowest BCUT2D eigenvalue weighted by Crippen LogP contribution is -2.52. The second-order valence-electron chi connectivity index (χ2n) is 8.67. The molecule has 5 nitrogen and oxygen atoms in total. The number of amides is 2. The minimum Gasteiger partial charge on any atom is -0.492 e. The number of nitrogens with one attached hydrogen (secondary N) is 1. The van der Waals surface area contributed by atoms with E-state index in [2.05, 4.69) is 74.3 Å². The van der Waals surface area contributed by atoms with Crippen molar-refractivity contribution in [2.75, 3.05) is 44.2 Å². The maximum absolute atomic E-state index is 12.4. The third-order valence-electron chi connectivity index (χ3n) is 5.30. The number of aryl methyl sites for hydroxylation is 1. The van der Waals surface area contributed by atoms with Crippen molar-refractivity contribution in [1.82, 2.24) is 10.2 Å². The van der Waals surface area contributed by atoms with Crippen LogP contribution >= 0.6 is 0 Å². The molecule has 2 amide bonds. The Morgan fingerprint density at radius 1 is 1.03 bits per heavy atom. The molecule has 3 rings (SSSR count). The Morgan fingerprint density at radius 3 is 2.34 bits per heavy atom. The van der Waals surface area contributed by atoms with E-state index in [9.17, 15) is 4.79 Å². The SMILES string of the molecule is Cc1cccc(N2CCN(C(=O)NCCOc3ccc(C(C)(C)C)cc3)CC2)c1. The molecule has 0 radical (unpaired) electrons. The van der Waals surface area contributed by atoms with Gasteiger partial charge in [0.1, 0.15) is 12.4 Å². The van der Waals surface area contributed by atoms with Gasteiger partial charge in [0.25, 0.3) is 0 Å². The van der Waals surface area contributed by atoms with Crippen LogP contribution in [0.1, 0.15) is 31.9 Å². The fourth-order valence-electron chi connectivity index (χ4n) is 3.48. The van der Waals surface area contributed by atoms with Crippen LogP contribution in [0, 0.1) is 6.92 Å². The van der Waals surface area contributed by atoms with Crippen LogP contribution in [0.25, 0.3) is 0 Å². The Labute approximate surface area is 174 Å². The molecule has 0 bridgehead atoms. The first-order valence-electron chi connectivity index (χ1n) is 10.4. The van der Waals surface area contributed by atoms with Crippen LogP contribution in [0.5, 0.6) is 5.75 Å². The van der Waals surface area contributed by atoms with Gasteiger partial charge in [-0.25, -0.2) is 4.79 Å². The van der Waals surface area contributed by atoms with E-state index in [-0.39, 0.29) is 11.4 Å². The third kappa shape index (κ3) is 5.89. The summed E-state index contributed by atoms with van der Waals surface area (Å²) in [7, 11) is 0. The summed E-state index contributed by atoms with van der Waals surface area (Å²) in [6.45, 7) is 12.8. The van der Waals surface area contributed by atoms with Crippen molar-refractivity contribution < 1.29 is 9.53 Å². The summed E-state index contributed by atoms with van der Waals surface area (Å²) in [6.07, 6.45) is 0. The number of rotatable bonds is 5. The van der Waals surface area contributed by atoms with Gasteiger partial charge in [-0.1, -0.05) is 45.0 Å². The highest BCUT2D eigenvalue weighted by atomic mass is 16.5. The van der Waals surface area contributed by atoms with Crippen LogP contribution in [-0.2, 0) is 5.41 Å². The van der Waals surface area contributed by atoms with Crippen LogP contribution in [0.4, 0.5) is 10.5 Å². The van der Waals surface area contributed by atoms with Crippen molar-refractivity contribution in [3.05, 3.63) is 59.7 Å². The molecule has 5 heteroatoms. The molecule has 0 unspecified atom stereocenters. The first-order chi connectivity index (χ1) is 13.8. The van der Waals surface area contributed by atoms with E-state index in [1.165, 1.54) is 16.8 Å². The van der Waals surface area contributed by atoms with E-state index < -0.39 is 0 Å². The topological polar surface area (TPSA) is 44.8 Å². The number of benzene rings is 2. The van der Waals surface area contributed by atoms with Crippen molar-refractivity contribution >= 4 is 11.7 Å². The van der Waals surface area contributed by atoms with Crippen molar-refractivity contribution in [2.45, 2.75) is 33.1 Å². The molecular formula is C24H33N3O2. The number of hydrogen-bond acceptors (Lipinski definition) is 3. The highest BCUT2D eigenvalue weighted by Crippen LogP contribution is 2.24. The van der Waals surface area contributed by atoms with Crippen LogP contribution < -0.4 is 15.0 Å². The minimum atomic E-state index is -0.0134. The minimum absolute atomic E-state index is 0.0134. The molecule has 1 heterocycles. The van der Waals surface area contributed by atoms with Gasteiger partial charge in [-0.3, -0.25) is 0 Å². The maximum Gasteiger partial charge on any atom is 0.317 e. The Morgan fingerprint density at radius 2 is 1.72 bits per heavy atom. The van der Waals surface area contributed by atoms with E-state index in [4.69, 9.17) is 4.74 Å². The smallest absolute Gasteiger partial charge is 0.317 e. The molecule has 1 aliphatic rings. The Hall–Kier alpha value is -2.69. The van der Waals surface area contributed by atoms with Gasteiger partial charge in [-0.15, -0.1) is 0 Å². The van der Waals surface area contributed by atoms with Crippen LogP contribution in [0.3, 0.4) is 0 Å². The predicted molar refractivity (Wildman–Crippen MR) is 119 cm³/mol. The molecule has 0 aliphatic carbocycles. The van der Waals surface area contributed by atoms with Gasteiger partial charge >= 0.3 is 6.03 Å². The molecule has 0 saturated carbocycles. The van der Waals surface area contributed by atoms with E-state index in [0.717, 1.165) is 31.9 Å². The predicted octanol–water partition coefficient (Wildman–Crippen LogP) is 4.20. The summed E-state index contributed by atoms with van der Waals surface area (Å²) >= 11 is 0. The zero-order valence-electron chi connectivity index (χ0n) is 18.1. The molecule has 1 fully saturated rings. The molecule has 1 N–H and O–H groups in total. The standard InChI is InChI=1S/C24H33N3O2/c1-19-6-5-7-21(18-19)26-13-15-27(16-14-26)23(28)25-12-17-29-22-10-8-20(9-11-22)24(2,3)4/h5-11,18H,12-17H2,1-4H3,(H,25,28). The van der Waals surface area contributed by atoms with Crippen LogP contribution in [-0.4, -0.2) is 50.3 Å². The largest absolute Gasteiger partial charge is 0.492 e. The van der Waals surface area contributed by atoms with Crippen molar-refractivity contribution in [3.63, 3.8) is 0 Å². The van der Waals surface area contributed by atoms with E-state index in [1.54, 1.807) is 0 Å². The van der Waals surface area contributed by atoms with Gasteiger partial charge in [-0.2, -0.15) is 0 Å². The average molecular weight is 396 g/mol. The number of carbonyl (C=O) groups is 1. The second-order valence-corrected chi connectivity index (χ2v) is 8.67. The Kier molecular flexibility index (Phi) is 6.68. The lowest BCUT2D eigenvalue weighted by molar-refractivity contribution is 0.191. The lowest BCUT2D eigenvalue weighted by Gasteiger charge is -2.36. The first-order valence-corrected chi connectivity index (χ1v) is 10.4. The lowest BCUT2D eigenvalue weighted by atomic mass is 9.87. The Balaban J connectivity index is 1.37. The Bertz CT molecular complexity index is 804. The van der Waals surface area contributed by atoms with Gasteiger partial charge in [0.15, 0.2) is 0 Å². The van der Waals surface area contributed by atoms with Gasteiger partial charge < -0.3 is 19.9 Å². The normalized spacial score (nSPS) is 14.6. The molecule has 0 aromatic heterocycles. The number of piperazine rings is 1. The van der Waals surface area contributed by atoms with E-state index in [1.807, 2.05) is 17.0 Å². The molecule has 156 valence electrons. The average Bonchev–Trinajstić information content (AvgIpc) is 2.71. The van der Waals surface area contributed by atoms with Gasteiger partial charge in [0.05, 0.1) is 6.54 Å². The molecule has 1 aliphatic heterocycles. The summed E-state index contributed by atoms with van der Waals surface area (Å²) in [5.41, 5.74) is 3.91. The molecule has 1 saturated heterocycles. The zero-order chi connectivity index (χ0) is 20.9. The van der Waals surface area contributed by atoms with Crippen LogP contribution in [0.2, 0.25) is 0 Å². The first kappa shape index (κ1) is 21.0. The molecule has 2 aromatic rings. The molecule has 0 spiro atoms. The summed E-state index contributed by atoms with van der Waals surface area (Å²) in [4.78, 5) is 16.6. The highest BCUT2D eigenvalue weighted by Gasteiger charge is 2.21. The van der Waals surface area contributed by atoms with Crippen molar-refractivity contribution in [3.8, 4) is 5.75 Å².